The lowest BCUT2D eigenvalue weighted by atomic mass is 9.89. The highest BCUT2D eigenvalue weighted by molar-refractivity contribution is 6.05. The maximum Gasteiger partial charge on any atom is 0.234 e. The molecule has 2 fully saturated rings. The predicted octanol–water partition coefficient (Wildman–Crippen LogP) is -0.399. The molecule has 2 saturated heterocycles. The van der Waals surface area contributed by atoms with Gasteiger partial charge in [0.05, 0.1) is 11.8 Å². The molecular weight excluding hydrogens is 168 g/mol. The van der Waals surface area contributed by atoms with E-state index in [0.29, 0.717) is 13.1 Å². The van der Waals surface area contributed by atoms with E-state index in [4.69, 9.17) is 0 Å². The van der Waals surface area contributed by atoms with Crippen molar-refractivity contribution in [3.05, 3.63) is 0 Å². The third kappa shape index (κ3) is 1.16. The highest BCUT2D eigenvalue weighted by Crippen LogP contribution is 2.30. The number of hydrogen-bond acceptors (Lipinski definition) is 3. The predicted molar refractivity (Wildman–Crippen MR) is 46.9 cm³/mol. The Bertz CT molecular complexity index is 228. The summed E-state index contributed by atoms with van der Waals surface area (Å²) in [5.74, 6) is -0.0569. The first-order chi connectivity index (χ1) is 6.25. The van der Waals surface area contributed by atoms with E-state index in [-0.39, 0.29) is 23.7 Å². The number of carbonyl (C=O) groups excluding carboxylic acids is 2. The van der Waals surface area contributed by atoms with Crippen molar-refractivity contribution >= 4 is 11.8 Å². The zero-order chi connectivity index (χ0) is 9.42. The van der Waals surface area contributed by atoms with Crippen LogP contribution in [0.4, 0.5) is 0 Å². The van der Waals surface area contributed by atoms with Crippen LogP contribution in [-0.2, 0) is 9.59 Å². The highest BCUT2D eigenvalue weighted by Gasteiger charge is 2.47. The summed E-state index contributed by atoms with van der Waals surface area (Å²) >= 11 is 0. The molecule has 2 unspecified atom stereocenters. The Hall–Kier alpha value is -0.900. The van der Waals surface area contributed by atoms with Gasteiger partial charge in [0.2, 0.25) is 11.8 Å². The van der Waals surface area contributed by atoms with Gasteiger partial charge in [0.1, 0.15) is 0 Å². The third-order valence-electron chi connectivity index (χ3n) is 2.96. The van der Waals surface area contributed by atoms with Crippen LogP contribution >= 0.6 is 0 Å². The van der Waals surface area contributed by atoms with E-state index >= 15 is 0 Å². The minimum absolute atomic E-state index is 0.0182. The van der Waals surface area contributed by atoms with Gasteiger partial charge in [-0.25, -0.2) is 0 Å². The van der Waals surface area contributed by atoms with Crippen LogP contribution < -0.4 is 5.32 Å². The van der Waals surface area contributed by atoms with E-state index in [2.05, 4.69) is 5.32 Å². The maximum atomic E-state index is 11.7. The van der Waals surface area contributed by atoms with Gasteiger partial charge in [0.25, 0.3) is 0 Å². The first-order valence-corrected chi connectivity index (χ1v) is 4.81. The number of nitrogens with zero attached hydrogens (tertiary/aromatic N) is 1. The zero-order valence-corrected chi connectivity index (χ0v) is 7.75. The number of carbonyl (C=O) groups is 2. The van der Waals surface area contributed by atoms with Gasteiger partial charge in [-0.3, -0.25) is 14.5 Å². The van der Waals surface area contributed by atoms with Crippen molar-refractivity contribution in [3.63, 3.8) is 0 Å². The van der Waals surface area contributed by atoms with E-state index in [1.807, 2.05) is 6.92 Å². The van der Waals surface area contributed by atoms with Crippen molar-refractivity contribution in [1.82, 2.24) is 10.2 Å². The van der Waals surface area contributed by atoms with Crippen molar-refractivity contribution in [2.45, 2.75) is 13.3 Å². The Morgan fingerprint density at radius 3 is 2.69 bits per heavy atom. The van der Waals surface area contributed by atoms with Crippen molar-refractivity contribution in [2.75, 3.05) is 19.6 Å². The molecule has 0 bridgehead atoms. The van der Waals surface area contributed by atoms with Crippen LogP contribution in [0.3, 0.4) is 0 Å². The summed E-state index contributed by atoms with van der Waals surface area (Å²) in [6.45, 7) is 3.90. The fourth-order valence-electron chi connectivity index (χ4n) is 2.23. The molecule has 1 N–H and O–H groups in total. The van der Waals surface area contributed by atoms with E-state index in [1.54, 1.807) is 0 Å². The molecule has 13 heavy (non-hydrogen) atoms. The van der Waals surface area contributed by atoms with Crippen molar-refractivity contribution < 1.29 is 9.59 Å². The Labute approximate surface area is 77.3 Å². The van der Waals surface area contributed by atoms with Gasteiger partial charge in [-0.05, 0) is 19.9 Å². The second-order valence-electron chi connectivity index (χ2n) is 3.63. The topological polar surface area (TPSA) is 49.4 Å². The van der Waals surface area contributed by atoms with Gasteiger partial charge in [-0.15, -0.1) is 0 Å². The maximum absolute atomic E-state index is 11.7. The Morgan fingerprint density at radius 2 is 2.08 bits per heavy atom. The summed E-state index contributed by atoms with van der Waals surface area (Å²) < 4.78 is 0. The summed E-state index contributed by atoms with van der Waals surface area (Å²) in [5, 5.41) is 3.15. The molecule has 0 spiro atoms. The largest absolute Gasteiger partial charge is 0.316 e. The van der Waals surface area contributed by atoms with Gasteiger partial charge in [-0.1, -0.05) is 0 Å². The molecule has 0 aromatic rings. The molecule has 0 aromatic heterocycles. The van der Waals surface area contributed by atoms with E-state index in [0.717, 1.165) is 13.0 Å². The van der Waals surface area contributed by atoms with Gasteiger partial charge < -0.3 is 5.32 Å². The Balaban J connectivity index is 2.22. The molecule has 0 aromatic carbocycles. The lowest BCUT2D eigenvalue weighted by Crippen LogP contribution is -2.38. The molecule has 0 saturated carbocycles. The molecule has 0 aliphatic carbocycles. The molecule has 72 valence electrons. The summed E-state index contributed by atoms with van der Waals surface area (Å²) in [6, 6.07) is 0. The number of likely N-dealkylation sites (tertiary alicyclic amines) is 1. The van der Waals surface area contributed by atoms with Crippen LogP contribution in [0, 0.1) is 11.8 Å². The molecule has 2 amide bonds. The summed E-state index contributed by atoms with van der Waals surface area (Å²) in [4.78, 5) is 24.7. The standard InChI is InChI=1S/C9H14N2O2/c1-2-11-8(12)6-3-4-10-5-7(6)9(11)13/h6-7,10H,2-5H2,1H3. The molecular formula is C9H14N2O2. The Morgan fingerprint density at radius 1 is 1.38 bits per heavy atom. The number of hydrogen-bond donors (Lipinski definition) is 1. The lowest BCUT2D eigenvalue weighted by Gasteiger charge is -2.21. The monoisotopic (exact) mass is 182 g/mol. The van der Waals surface area contributed by atoms with Crippen LogP contribution in [0.1, 0.15) is 13.3 Å². The second kappa shape index (κ2) is 3.10. The molecule has 2 rings (SSSR count). The average Bonchev–Trinajstić information content (AvgIpc) is 2.41. The highest BCUT2D eigenvalue weighted by atomic mass is 16.2. The van der Waals surface area contributed by atoms with E-state index in [9.17, 15) is 9.59 Å². The molecule has 2 aliphatic heterocycles. The van der Waals surface area contributed by atoms with Crippen LogP contribution in [0.25, 0.3) is 0 Å². The number of piperidine rings is 1. The lowest BCUT2D eigenvalue weighted by molar-refractivity contribution is -0.139. The third-order valence-corrected chi connectivity index (χ3v) is 2.96. The fraction of sp³-hybridized carbons (Fsp3) is 0.778. The molecule has 4 nitrogen and oxygen atoms in total. The number of rotatable bonds is 1. The summed E-state index contributed by atoms with van der Waals surface area (Å²) in [5.41, 5.74) is 0. The van der Waals surface area contributed by atoms with Crippen LogP contribution in [0.2, 0.25) is 0 Å². The van der Waals surface area contributed by atoms with Crippen molar-refractivity contribution in [2.24, 2.45) is 11.8 Å². The quantitative estimate of drug-likeness (QED) is 0.561. The fourth-order valence-corrected chi connectivity index (χ4v) is 2.23. The molecule has 2 atom stereocenters. The molecule has 2 aliphatic rings. The van der Waals surface area contributed by atoms with Crippen LogP contribution in [0.5, 0.6) is 0 Å². The average molecular weight is 182 g/mol. The van der Waals surface area contributed by atoms with Crippen molar-refractivity contribution in [1.29, 1.82) is 0 Å². The van der Waals surface area contributed by atoms with Crippen LogP contribution in [-0.4, -0.2) is 36.3 Å². The van der Waals surface area contributed by atoms with Gasteiger partial charge in [-0.2, -0.15) is 0 Å². The SMILES string of the molecule is CCN1C(=O)C2CCNCC2C1=O. The number of imide groups is 1. The zero-order valence-electron chi connectivity index (χ0n) is 7.75. The van der Waals surface area contributed by atoms with Gasteiger partial charge in [0, 0.05) is 13.1 Å². The van der Waals surface area contributed by atoms with E-state index in [1.165, 1.54) is 4.90 Å². The first-order valence-electron chi connectivity index (χ1n) is 4.81. The Kier molecular flexibility index (Phi) is 2.07. The summed E-state index contributed by atoms with van der Waals surface area (Å²) in [6.07, 6.45) is 0.811. The molecule has 4 heteroatoms. The molecule has 0 radical (unpaired) electrons. The smallest absolute Gasteiger partial charge is 0.234 e. The van der Waals surface area contributed by atoms with Gasteiger partial charge >= 0.3 is 0 Å². The number of amides is 2. The minimum atomic E-state index is -0.0822. The summed E-state index contributed by atoms with van der Waals surface area (Å²) in [7, 11) is 0. The number of nitrogens with one attached hydrogen (secondary N) is 1. The number of fused-ring (bicyclic) bond motifs is 1. The second-order valence-corrected chi connectivity index (χ2v) is 3.63. The molecule has 2 heterocycles. The normalized spacial score (nSPS) is 33.8. The first kappa shape index (κ1) is 8.69. The van der Waals surface area contributed by atoms with Crippen LogP contribution in [0.15, 0.2) is 0 Å². The van der Waals surface area contributed by atoms with E-state index < -0.39 is 0 Å². The minimum Gasteiger partial charge on any atom is -0.316 e. The van der Waals surface area contributed by atoms with Gasteiger partial charge in [0.15, 0.2) is 0 Å². The van der Waals surface area contributed by atoms with Crippen molar-refractivity contribution in [3.8, 4) is 0 Å².